The molecule has 1 aromatic heterocycles. The minimum absolute atomic E-state index is 0.124. The SMILES string of the molecule is Cc1cc(C(N)=S)cc(Oc2ccc(C(C)(C)C)cc2)n1. The molecule has 0 saturated carbocycles. The zero-order chi connectivity index (χ0) is 15.6. The van der Waals surface area contributed by atoms with Crippen molar-refractivity contribution in [2.45, 2.75) is 33.1 Å². The number of hydrogen-bond acceptors (Lipinski definition) is 3. The van der Waals surface area contributed by atoms with Crippen molar-refractivity contribution in [3.63, 3.8) is 0 Å². The van der Waals surface area contributed by atoms with E-state index in [1.54, 1.807) is 6.07 Å². The van der Waals surface area contributed by atoms with Crippen molar-refractivity contribution in [2.24, 2.45) is 5.73 Å². The van der Waals surface area contributed by atoms with Gasteiger partial charge in [-0.2, -0.15) is 0 Å². The third-order valence-corrected chi connectivity index (χ3v) is 3.39. The molecular weight excluding hydrogens is 280 g/mol. The standard InChI is InChI=1S/C17H20N2OS/c1-11-9-12(16(18)21)10-15(19-11)20-14-7-5-13(6-8-14)17(2,3)4/h5-10H,1-4H3,(H2,18,21). The van der Waals surface area contributed by atoms with Crippen LogP contribution in [-0.2, 0) is 5.41 Å². The number of aryl methyl sites for hydroxylation is 1. The molecule has 0 aliphatic heterocycles. The Morgan fingerprint density at radius 1 is 1.14 bits per heavy atom. The third-order valence-electron chi connectivity index (χ3n) is 3.16. The Kier molecular flexibility index (Phi) is 4.28. The predicted octanol–water partition coefficient (Wildman–Crippen LogP) is 4.11. The number of benzene rings is 1. The van der Waals surface area contributed by atoms with Gasteiger partial charge in [-0.15, -0.1) is 0 Å². The van der Waals surface area contributed by atoms with E-state index >= 15 is 0 Å². The number of rotatable bonds is 3. The molecule has 0 unspecified atom stereocenters. The summed E-state index contributed by atoms with van der Waals surface area (Å²) in [5, 5.41) is 0. The zero-order valence-corrected chi connectivity index (χ0v) is 13.6. The number of thiocarbonyl (C=S) groups is 1. The normalized spacial score (nSPS) is 11.2. The number of hydrogen-bond donors (Lipinski definition) is 1. The van der Waals surface area contributed by atoms with Crippen molar-refractivity contribution in [3.8, 4) is 11.6 Å². The predicted molar refractivity (Wildman–Crippen MR) is 90.1 cm³/mol. The summed E-state index contributed by atoms with van der Waals surface area (Å²) >= 11 is 5.00. The van der Waals surface area contributed by atoms with E-state index in [1.165, 1.54) is 5.56 Å². The van der Waals surface area contributed by atoms with Crippen LogP contribution in [0, 0.1) is 6.92 Å². The average Bonchev–Trinajstić information content (AvgIpc) is 2.37. The highest BCUT2D eigenvalue weighted by molar-refractivity contribution is 7.80. The van der Waals surface area contributed by atoms with Crippen molar-refractivity contribution < 1.29 is 4.74 Å². The molecule has 2 N–H and O–H groups in total. The van der Waals surface area contributed by atoms with Crippen LogP contribution < -0.4 is 10.5 Å². The second-order valence-corrected chi connectivity index (χ2v) is 6.52. The lowest BCUT2D eigenvalue weighted by atomic mass is 9.87. The lowest BCUT2D eigenvalue weighted by Gasteiger charge is -2.19. The summed E-state index contributed by atoms with van der Waals surface area (Å²) in [5.74, 6) is 1.25. The average molecular weight is 300 g/mol. The molecule has 0 atom stereocenters. The minimum Gasteiger partial charge on any atom is -0.439 e. The minimum atomic E-state index is 0.124. The van der Waals surface area contributed by atoms with E-state index in [0.29, 0.717) is 10.9 Å². The Morgan fingerprint density at radius 2 is 1.76 bits per heavy atom. The molecule has 0 bridgehead atoms. The number of aromatic nitrogens is 1. The Labute approximate surface area is 131 Å². The molecule has 3 nitrogen and oxygen atoms in total. The van der Waals surface area contributed by atoms with Gasteiger partial charge in [0.2, 0.25) is 5.88 Å². The molecule has 0 fully saturated rings. The maximum absolute atomic E-state index is 5.79. The van der Waals surface area contributed by atoms with Crippen LogP contribution in [0.3, 0.4) is 0 Å². The van der Waals surface area contributed by atoms with E-state index in [0.717, 1.165) is 17.0 Å². The van der Waals surface area contributed by atoms with Crippen LogP contribution in [0.1, 0.15) is 37.6 Å². The summed E-state index contributed by atoms with van der Waals surface area (Å²) < 4.78 is 5.79. The molecule has 0 aliphatic carbocycles. The molecular formula is C17H20N2OS. The van der Waals surface area contributed by atoms with Gasteiger partial charge in [0.25, 0.3) is 0 Å². The highest BCUT2D eigenvalue weighted by Crippen LogP contribution is 2.26. The number of ether oxygens (including phenoxy) is 1. The molecule has 110 valence electrons. The van der Waals surface area contributed by atoms with Crippen LogP contribution in [-0.4, -0.2) is 9.97 Å². The van der Waals surface area contributed by atoms with E-state index in [2.05, 4.69) is 37.9 Å². The van der Waals surface area contributed by atoms with Gasteiger partial charge in [0, 0.05) is 17.3 Å². The molecule has 4 heteroatoms. The summed E-state index contributed by atoms with van der Waals surface area (Å²) in [4.78, 5) is 4.69. The van der Waals surface area contributed by atoms with Gasteiger partial charge in [-0.25, -0.2) is 4.98 Å². The third kappa shape index (κ3) is 4.02. The molecule has 0 amide bonds. The molecule has 1 heterocycles. The fourth-order valence-electron chi connectivity index (χ4n) is 1.98. The smallest absolute Gasteiger partial charge is 0.220 e. The summed E-state index contributed by atoms with van der Waals surface area (Å²) in [5.41, 5.74) is 8.63. The maximum atomic E-state index is 5.79. The topological polar surface area (TPSA) is 48.1 Å². The van der Waals surface area contributed by atoms with Crippen molar-refractivity contribution in [2.75, 3.05) is 0 Å². The van der Waals surface area contributed by atoms with Gasteiger partial charge >= 0.3 is 0 Å². The van der Waals surface area contributed by atoms with Crippen molar-refractivity contribution in [1.29, 1.82) is 0 Å². The quantitative estimate of drug-likeness (QED) is 0.866. The van der Waals surface area contributed by atoms with Gasteiger partial charge in [-0.1, -0.05) is 45.1 Å². The molecule has 1 aromatic carbocycles. The first-order chi connectivity index (χ1) is 9.75. The van der Waals surface area contributed by atoms with Gasteiger partial charge in [0.15, 0.2) is 0 Å². The summed E-state index contributed by atoms with van der Waals surface area (Å²) in [6.45, 7) is 8.43. The van der Waals surface area contributed by atoms with Gasteiger partial charge in [0.1, 0.15) is 10.7 Å². The van der Waals surface area contributed by atoms with Crippen LogP contribution in [0.25, 0.3) is 0 Å². The molecule has 2 aromatic rings. The van der Waals surface area contributed by atoms with Crippen molar-refractivity contribution >= 4 is 17.2 Å². The second kappa shape index (κ2) is 5.82. The second-order valence-electron chi connectivity index (χ2n) is 6.08. The Balaban J connectivity index is 2.24. The number of pyridine rings is 1. The fraction of sp³-hybridized carbons (Fsp3) is 0.294. The molecule has 0 aliphatic rings. The summed E-state index contributed by atoms with van der Waals surface area (Å²) in [6.07, 6.45) is 0. The van der Waals surface area contributed by atoms with Crippen LogP contribution in [0.5, 0.6) is 11.6 Å². The van der Waals surface area contributed by atoms with E-state index in [1.807, 2.05) is 25.1 Å². The van der Waals surface area contributed by atoms with Crippen LogP contribution in [0.4, 0.5) is 0 Å². The molecule has 2 rings (SSSR count). The van der Waals surface area contributed by atoms with Crippen molar-refractivity contribution in [1.82, 2.24) is 4.98 Å². The monoisotopic (exact) mass is 300 g/mol. The van der Waals surface area contributed by atoms with Gasteiger partial charge in [0.05, 0.1) is 0 Å². The lowest BCUT2D eigenvalue weighted by molar-refractivity contribution is 0.460. The number of nitrogens with zero attached hydrogens (tertiary/aromatic N) is 1. The molecule has 0 spiro atoms. The maximum Gasteiger partial charge on any atom is 0.220 e. The Morgan fingerprint density at radius 3 is 2.29 bits per heavy atom. The molecule has 21 heavy (non-hydrogen) atoms. The van der Waals surface area contributed by atoms with E-state index in [9.17, 15) is 0 Å². The van der Waals surface area contributed by atoms with Gasteiger partial charge in [-0.3, -0.25) is 0 Å². The lowest BCUT2D eigenvalue weighted by Crippen LogP contribution is -2.11. The van der Waals surface area contributed by atoms with Gasteiger partial charge < -0.3 is 10.5 Å². The van der Waals surface area contributed by atoms with Crippen LogP contribution in [0.2, 0.25) is 0 Å². The fourth-order valence-corrected chi connectivity index (χ4v) is 2.09. The first kappa shape index (κ1) is 15.4. The Hall–Kier alpha value is -1.94. The largest absolute Gasteiger partial charge is 0.439 e. The highest BCUT2D eigenvalue weighted by atomic mass is 32.1. The number of nitrogens with two attached hydrogens (primary N) is 1. The molecule has 0 saturated heterocycles. The van der Waals surface area contributed by atoms with E-state index in [-0.39, 0.29) is 5.41 Å². The first-order valence-corrected chi connectivity index (χ1v) is 7.23. The zero-order valence-electron chi connectivity index (χ0n) is 12.8. The summed E-state index contributed by atoms with van der Waals surface area (Å²) in [7, 11) is 0. The van der Waals surface area contributed by atoms with Crippen LogP contribution >= 0.6 is 12.2 Å². The first-order valence-electron chi connectivity index (χ1n) is 6.82. The van der Waals surface area contributed by atoms with E-state index < -0.39 is 0 Å². The molecule has 0 radical (unpaired) electrons. The summed E-state index contributed by atoms with van der Waals surface area (Å²) in [6, 6.07) is 11.6. The Bertz CT molecular complexity index is 657. The van der Waals surface area contributed by atoms with E-state index in [4.69, 9.17) is 22.7 Å². The highest BCUT2D eigenvalue weighted by Gasteiger charge is 2.13. The van der Waals surface area contributed by atoms with Crippen LogP contribution in [0.15, 0.2) is 36.4 Å². The van der Waals surface area contributed by atoms with Crippen molar-refractivity contribution in [3.05, 3.63) is 53.2 Å². The van der Waals surface area contributed by atoms with Gasteiger partial charge in [-0.05, 0) is 36.1 Å².